The Morgan fingerprint density at radius 1 is 0.591 bits per heavy atom. The van der Waals surface area contributed by atoms with Gasteiger partial charge in [-0.15, -0.1) is 0 Å². The average molecular weight is 313 g/mol. The molecule has 0 heterocycles. The molecule has 0 aromatic carbocycles. The average Bonchev–Trinajstić information content (AvgIpc) is 2.10. The van der Waals surface area contributed by atoms with Crippen molar-refractivity contribution in [1.82, 2.24) is 0 Å². The van der Waals surface area contributed by atoms with Gasteiger partial charge in [0.2, 0.25) is 0 Å². The molecule has 0 bridgehead atoms. The van der Waals surface area contributed by atoms with Crippen molar-refractivity contribution in [3.63, 3.8) is 0 Å². The zero-order valence-electron chi connectivity index (χ0n) is 16.9. The summed E-state index contributed by atoms with van der Waals surface area (Å²) in [6.07, 6.45) is 0. The largest absolute Gasteiger partial charge is 0.309 e. The number of hydrogen-bond donors (Lipinski definition) is 1. The molecule has 0 amide bonds. The van der Waals surface area contributed by atoms with E-state index in [-0.39, 0.29) is 29.1 Å². The van der Waals surface area contributed by atoms with Gasteiger partial charge in [0.15, 0.2) is 0 Å². The minimum atomic E-state index is 0. The van der Waals surface area contributed by atoms with Gasteiger partial charge >= 0.3 is 0 Å². The third-order valence-electron chi connectivity index (χ3n) is 3.14. The quantitative estimate of drug-likeness (QED) is 0.473. The Morgan fingerprint density at radius 3 is 0.818 bits per heavy atom. The first-order chi connectivity index (χ1) is 8.85. The van der Waals surface area contributed by atoms with E-state index in [4.69, 9.17) is 5.41 Å². The van der Waals surface area contributed by atoms with E-state index in [2.05, 4.69) is 88.1 Å². The van der Waals surface area contributed by atoms with Crippen LogP contribution in [0.4, 0.5) is 0 Å². The summed E-state index contributed by atoms with van der Waals surface area (Å²) in [4.78, 5) is 4.35. The third kappa shape index (κ3) is 10.1. The summed E-state index contributed by atoms with van der Waals surface area (Å²) in [6, 6.07) is 0. The SMILES string of the molecule is C.CC(C)(C)C(=N)C(C)(C)C.CN=C(C(C)(C)C)C(C)(C)C. The molecule has 0 fully saturated rings. The molecule has 0 rings (SSSR count). The number of hydrogen-bond acceptors (Lipinski definition) is 2. The molecule has 1 N–H and O–H groups in total. The summed E-state index contributed by atoms with van der Waals surface area (Å²) in [7, 11) is 1.88. The van der Waals surface area contributed by atoms with Crippen LogP contribution in [0.3, 0.4) is 0 Å². The molecule has 0 aliphatic heterocycles. The summed E-state index contributed by atoms with van der Waals surface area (Å²) in [6.45, 7) is 25.8. The highest BCUT2D eigenvalue weighted by Crippen LogP contribution is 2.29. The normalized spacial score (nSPS) is 12.6. The standard InChI is InChI=1S/C10H21N.C9H19N.CH4/c1-9(2,3)8(11-7)10(4,5)6;1-8(2,3)7(10)9(4,5)6;/h1-7H3;10H,1-6H3;1H4. The maximum atomic E-state index is 7.79. The number of rotatable bonds is 0. The molecule has 0 aliphatic carbocycles. The van der Waals surface area contributed by atoms with E-state index in [1.807, 2.05) is 7.05 Å². The van der Waals surface area contributed by atoms with Gasteiger partial charge in [0.05, 0.1) is 0 Å². The van der Waals surface area contributed by atoms with E-state index in [0.29, 0.717) is 0 Å². The second kappa shape index (κ2) is 8.26. The maximum Gasteiger partial charge on any atom is 0.0276 e. The van der Waals surface area contributed by atoms with Crippen LogP contribution in [0.15, 0.2) is 4.99 Å². The van der Waals surface area contributed by atoms with Gasteiger partial charge in [-0.25, -0.2) is 0 Å². The first-order valence-electron chi connectivity index (χ1n) is 7.92. The highest BCUT2D eigenvalue weighted by Gasteiger charge is 2.29. The molecule has 22 heavy (non-hydrogen) atoms. The van der Waals surface area contributed by atoms with E-state index in [1.54, 1.807) is 0 Å². The van der Waals surface area contributed by atoms with Gasteiger partial charge in [-0.2, -0.15) is 0 Å². The van der Waals surface area contributed by atoms with Crippen LogP contribution in [0.1, 0.15) is 90.5 Å². The van der Waals surface area contributed by atoms with Crippen LogP contribution in [-0.4, -0.2) is 18.5 Å². The molecule has 2 nitrogen and oxygen atoms in total. The molecule has 0 aromatic heterocycles. The monoisotopic (exact) mass is 312 g/mol. The summed E-state index contributed by atoms with van der Waals surface area (Å²) in [5.74, 6) is 0. The van der Waals surface area contributed by atoms with E-state index in [0.717, 1.165) is 5.71 Å². The lowest BCUT2D eigenvalue weighted by Crippen LogP contribution is -2.32. The summed E-state index contributed by atoms with van der Waals surface area (Å²) >= 11 is 0. The third-order valence-corrected chi connectivity index (χ3v) is 3.14. The molecule has 0 atom stereocenters. The zero-order valence-corrected chi connectivity index (χ0v) is 16.9. The van der Waals surface area contributed by atoms with E-state index in [1.165, 1.54) is 5.71 Å². The van der Waals surface area contributed by atoms with Crippen molar-refractivity contribution < 1.29 is 0 Å². The van der Waals surface area contributed by atoms with Crippen molar-refractivity contribution in [1.29, 1.82) is 5.41 Å². The Morgan fingerprint density at radius 2 is 0.818 bits per heavy atom. The molecule has 0 saturated carbocycles. The van der Waals surface area contributed by atoms with Crippen LogP contribution in [0.25, 0.3) is 0 Å². The van der Waals surface area contributed by atoms with Crippen molar-refractivity contribution in [3.8, 4) is 0 Å². The van der Waals surface area contributed by atoms with Gasteiger partial charge in [0, 0.05) is 40.1 Å². The van der Waals surface area contributed by atoms with E-state index in [9.17, 15) is 0 Å². The Bertz CT molecular complexity index is 328. The van der Waals surface area contributed by atoms with E-state index < -0.39 is 0 Å². The topological polar surface area (TPSA) is 36.2 Å². The highest BCUT2D eigenvalue weighted by atomic mass is 14.7. The Hall–Kier alpha value is -0.660. The van der Waals surface area contributed by atoms with Crippen LogP contribution in [0.2, 0.25) is 0 Å². The van der Waals surface area contributed by atoms with Gasteiger partial charge in [-0.05, 0) is 0 Å². The second-order valence-corrected chi connectivity index (χ2v) is 9.95. The van der Waals surface area contributed by atoms with Crippen LogP contribution in [-0.2, 0) is 0 Å². The molecule has 0 radical (unpaired) electrons. The fraction of sp³-hybridized carbons (Fsp3) is 0.900. The van der Waals surface area contributed by atoms with E-state index >= 15 is 0 Å². The van der Waals surface area contributed by atoms with Crippen molar-refractivity contribution in [2.45, 2.75) is 90.5 Å². The minimum Gasteiger partial charge on any atom is -0.309 e. The van der Waals surface area contributed by atoms with Crippen molar-refractivity contribution in [3.05, 3.63) is 0 Å². The molecular weight excluding hydrogens is 268 g/mol. The number of nitrogens with zero attached hydrogens (tertiary/aromatic N) is 1. The molecule has 0 spiro atoms. The van der Waals surface area contributed by atoms with Gasteiger partial charge in [0.1, 0.15) is 0 Å². The highest BCUT2D eigenvalue weighted by molar-refractivity contribution is 5.93. The van der Waals surface area contributed by atoms with Gasteiger partial charge < -0.3 is 5.41 Å². The van der Waals surface area contributed by atoms with Crippen molar-refractivity contribution >= 4 is 11.4 Å². The second-order valence-electron chi connectivity index (χ2n) is 9.95. The smallest absolute Gasteiger partial charge is 0.0276 e. The Balaban J connectivity index is -0.000000315. The lowest BCUT2D eigenvalue weighted by atomic mass is 9.75. The lowest BCUT2D eigenvalue weighted by molar-refractivity contribution is 0.474. The Kier molecular flexibility index (Phi) is 9.86. The van der Waals surface area contributed by atoms with Crippen LogP contribution < -0.4 is 0 Å². The predicted octanol–water partition coefficient (Wildman–Crippen LogP) is 6.88. The van der Waals surface area contributed by atoms with Crippen LogP contribution in [0, 0.1) is 27.1 Å². The fourth-order valence-electron chi connectivity index (χ4n) is 2.92. The van der Waals surface area contributed by atoms with Gasteiger partial charge in [-0.1, -0.05) is 90.5 Å². The predicted molar refractivity (Wildman–Crippen MR) is 106 cm³/mol. The first kappa shape index (κ1) is 26.2. The number of nitrogens with one attached hydrogen (secondary N) is 1. The lowest BCUT2D eigenvalue weighted by Gasteiger charge is -2.31. The summed E-state index contributed by atoms with van der Waals surface area (Å²) < 4.78 is 0. The number of aliphatic imine (C=N–C) groups is 1. The molecular formula is C20H44N2. The molecule has 134 valence electrons. The zero-order chi connectivity index (χ0) is 17.9. The fourth-order valence-corrected chi connectivity index (χ4v) is 2.92. The molecule has 2 heteroatoms. The molecule has 0 aromatic rings. The maximum absolute atomic E-state index is 7.79. The van der Waals surface area contributed by atoms with Gasteiger partial charge in [0.25, 0.3) is 0 Å². The van der Waals surface area contributed by atoms with Gasteiger partial charge in [-0.3, -0.25) is 4.99 Å². The molecule has 0 saturated heterocycles. The summed E-state index contributed by atoms with van der Waals surface area (Å²) in [5, 5.41) is 7.79. The van der Waals surface area contributed by atoms with Crippen molar-refractivity contribution in [2.24, 2.45) is 26.7 Å². The molecule has 0 aliphatic rings. The first-order valence-corrected chi connectivity index (χ1v) is 7.92. The minimum absolute atomic E-state index is 0. The molecule has 0 unspecified atom stereocenters. The van der Waals surface area contributed by atoms with Crippen molar-refractivity contribution in [2.75, 3.05) is 7.05 Å². The van der Waals surface area contributed by atoms with Crippen LogP contribution in [0.5, 0.6) is 0 Å². The summed E-state index contributed by atoms with van der Waals surface area (Å²) in [5.41, 5.74) is 2.56. The van der Waals surface area contributed by atoms with Crippen LogP contribution >= 0.6 is 0 Å². The Labute approximate surface area is 141 Å².